The fraction of sp³-hybridized carbons (Fsp3) is 0. The van der Waals surface area contributed by atoms with E-state index < -0.39 is 0 Å². The smallest absolute Gasteiger partial charge is 0.340 e. The van der Waals surface area contributed by atoms with Gasteiger partial charge in [-0.1, -0.05) is 36.4 Å². The molecule has 0 saturated heterocycles. The maximum atomic E-state index is 5.77. The van der Waals surface area contributed by atoms with Crippen LogP contribution in [0, 0.1) is 0 Å². The standard InChI is InChI=1S/C19H16N5.HI/c20-16-13-11-15(12-14-16)19-21-23(17-7-3-1-4-8-17)24(22-19)18-9-5-2-6-10-18;/h1-14H,20H2;1H/q+1;/p-1. The molecule has 25 heavy (non-hydrogen) atoms. The highest BCUT2D eigenvalue weighted by Crippen LogP contribution is 2.16. The van der Waals surface area contributed by atoms with E-state index in [4.69, 9.17) is 5.73 Å². The first kappa shape index (κ1) is 17.1. The van der Waals surface area contributed by atoms with Crippen LogP contribution < -0.4 is 34.5 Å². The molecule has 0 saturated carbocycles. The van der Waals surface area contributed by atoms with E-state index in [1.165, 1.54) is 0 Å². The third-order valence-corrected chi connectivity index (χ3v) is 3.70. The number of nitrogens with two attached hydrogens (primary N) is 1. The number of nitrogens with zero attached hydrogens (tertiary/aromatic N) is 4. The molecule has 4 rings (SSSR count). The van der Waals surface area contributed by atoms with Crippen molar-refractivity contribution in [3.05, 3.63) is 84.9 Å². The number of halogens is 1. The summed E-state index contributed by atoms with van der Waals surface area (Å²) in [6.07, 6.45) is 0. The van der Waals surface area contributed by atoms with Gasteiger partial charge in [-0.2, -0.15) is 0 Å². The summed E-state index contributed by atoms with van der Waals surface area (Å²) in [6.45, 7) is 0. The lowest BCUT2D eigenvalue weighted by molar-refractivity contribution is -0.734. The van der Waals surface area contributed by atoms with Gasteiger partial charge in [-0.3, -0.25) is 0 Å². The molecule has 0 atom stereocenters. The van der Waals surface area contributed by atoms with Crippen LogP contribution in [0.15, 0.2) is 84.9 Å². The van der Waals surface area contributed by atoms with Gasteiger partial charge in [0.05, 0.1) is 10.7 Å². The number of hydrogen-bond acceptors (Lipinski definition) is 3. The van der Waals surface area contributed by atoms with E-state index in [1.54, 1.807) is 9.59 Å². The Morgan fingerprint density at radius 1 is 0.760 bits per heavy atom. The van der Waals surface area contributed by atoms with Gasteiger partial charge in [-0.25, -0.2) is 0 Å². The van der Waals surface area contributed by atoms with Gasteiger partial charge in [0, 0.05) is 10.5 Å². The van der Waals surface area contributed by atoms with Crippen LogP contribution in [-0.4, -0.2) is 15.0 Å². The van der Waals surface area contributed by atoms with Crippen molar-refractivity contribution in [1.29, 1.82) is 0 Å². The van der Waals surface area contributed by atoms with E-state index in [1.807, 2.05) is 84.9 Å². The van der Waals surface area contributed by atoms with Crippen molar-refractivity contribution in [3.63, 3.8) is 0 Å². The lowest BCUT2D eigenvalue weighted by Crippen LogP contribution is -3.00. The molecule has 0 amide bonds. The zero-order valence-corrected chi connectivity index (χ0v) is 15.5. The van der Waals surface area contributed by atoms with Crippen molar-refractivity contribution in [1.82, 2.24) is 15.0 Å². The molecule has 0 aliphatic rings. The fourth-order valence-electron chi connectivity index (χ4n) is 2.49. The molecule has 2 N–H and O–H groups in total. The van der Waals surface area contributed by atoms with Gasteiger partial charge in [0.25, 0.3) is 0 Å². The number of aromatic nitrogens is 4. The van der Waals surface area contributed by atoms with Crippen LogP contribution in [0.3, 0.4) is 0 Å². The van der Waals surface area contributed by atoms with Gasteiger partial charge in [0.2, 0.25) is 0 Å². The topological polar surface area (TPSA) is 60.6 Å². The quantitative estimate of drug-likeness (QED) is 0.272. The third-order valence-electron chi connectivity index (χ3n) is 3.70. The Bertz CT molecular complexity index is 893. The maximum Gasteiger partial charge on any atom is 0.340 e. The van der Waals surface area contributed by atoms with E-state index in [2.05, 4.69) is 10.2 Å². The zero-order valence-electron chi connectivity index (χ0n) is 13.3. The summed E-state index contributed by atoms with van der Waals surface area (Å²) in [4.78, 5) is 3.59. The van der Waals surface area contributed by atoms with Crippen molar-refractivity contribution < 1.29 is 28.8 Å². The highest BCUT2D eigenvalue weighted by Gasteiger charge is 2.22. The summed E-state index contributed by atoms with van der Waals surface area (Å²) in [5.41, 5.74) is 9.29. The van der Waals surface area contributed by atoms with Gasteiger partial charge in [-0.05, 0) is 58.4 Å². The average Bonchev–Trinajstić information content (AvgIpc) is 3.09. The molecule has 5 nitrogen and oxygen atoms in total. The summed E-state index contributed by atoms with van der Waals surface area (Å²) in [5.74, 6) is 0.641. The molecule has 6 heteroatoms. The minimum Gasteiger partial charge on any atom is -1.00 e. The first-order valence-electron chi connectivity index (χ1n) is 7.68. The molecule has 0 spiro atoms. The first-order chi connectivity index (χ1) is 11.8. The molecule has 0 aliphatic carbocycles. The lowest BCUT2D eigenvalue weighted by atomic mass is 10.2. The Morgan fingerprint density at radius 3 is 2.00 bits per heavy atom. The number of rotatable bonds is 3. The van der Waals surface area contributed by atoms with E-state index in [-0.39, 0.29) is 24.0 Å². The summed E-state index contributed by atoms with van der Waals surface area (Å²) in [5, 5.41) is 9.37. The molecule has 3 aromatic carbocycles. The molecule has 1 heterocycles. The maximum absolute atomic E-state index is 5.77. The number of hydrogen-bond donors (Lipinski definition) is 1. The number of anilines is 1. The summed E-state index contributed by atoms with van der Waals surface area (Å²) >= 11 is 0. The van der Waals surface area contributed by atoms with Crippen molar-refractivity contribution in [3.8, 4) is 22.8 Å². The van der Waals surface area contributed by atoms with Crippen molar-refractivity contribution >= 4 is 5.69 Å². The summed E-state index contributed by atoms with van der Waals surface area (Å²) in [6, 6.07) is 27.4. The number of tetrazole rings is 1. The van der Waals surface area contributed by atoms with Gasteiger partial charge >= 0.3 is 5.82 Å². The van der Waals surface area contributed by atoms with Crippen LogP contribution in [0.1, 0.15) is 0 Å². The Balaban J connectivity index is 0.00000182. The number of para-hydroxylation sites is 2. The molecule has 0 unspecified atom stereocenters. The van der Waals surface area contributed by atoms with Crippen LogP contribution in [0.5, 0.6) is 0 Å². The summed E-state index contributed by atoms with van der Waals surface area (Å²) in [7, 11) is 0. The van der Waals surface area contributed by atoms with Crippen LogP contribution in [0.25, 0.3) is 22.8 Å². The van der Waals surface area contributed by atoms with E-state index >= 15 is 0 Å². The Morgan fingerprint density at radius 2 is 1.36 bits per heavy atom. The second-order valence-corrected chi connectivity index (χ2v) is 5.40. The first-order valence-corrected chi connectivity index (χ1v) is 7.68. The van der Waals surface area contributed by atoms with E-state index in [9.17, 15) is 0 Å². The molecule has 124 valence electrons. The predicted molar refractivity (Wildman–Crippen MR) is 92.7 cm³/mol. The summed E-state index contributed by atoms with van der Waals surface area (Å²) < 4.78 is 0. The van der Waals surface area contributed by atoms with Crippen molar-refractivity contribution in [2.45, 2.75) is 0 Å². The van der Waals surface area contributed by atoms with Crippen LogP contribution in [0.4, 0.5) is 5.69 Å². The van der Waals surface area contributed by atoms with Crippen molar-refractivity contribution in [2.75, 3.05) is 5.73 Å². The molecule has 0 fully saturated rings. The normalized spacial score (nSPS) is 10.2. The second-order valence-electron chi connectivity index (χ2n) is 5.40. The molecule has 0 radical (unpaired) electrons. The Labute approximate surface area is 162 Å². The van der Waals surface area contributed by atoms with E-state index in [0.29, 0.717) is 5.82 Å². The molecular weight excluding hydrogens is 425 g/mol. The Hall–Kier alpha value is -2.74. The number of benzene rings is 3. The molecule has 0 bridgehead atoms. The molecule has 4 aromatic rings. The fourth-order valence-corrected chi connectivity index (χ4v) is 2.49. The minimum atomic E-state index is 0. The molecule has 0 aliphatic heterocycles. The third kappa shape index (κ3) is 3.53. The second kappa shape index (κ2) is 7.43. The molecular formula is C19H16IN5. The highest BCUT2D eigenvalue weighted by atomic mass is 127. The number of nitrogen functional groups attached to an aromatic ring is 1. The zero-order chi connectivity index (χ0) is 16.4. The van der Waals surface area contributed by atoms with Crippen LogP contribution in [0.2, 0.25) is 0 Å². The highest BCUT2D eigenvalue weighted by molar-refractivity contribution is 5.57. The predicted octanol–water partition coefficient (Wildman–Crippen LogP) is -0.203. The molecule has 1 aromatic heterocycles. The van der Waals surface area contributed by atoms with E-state index in [0.717, 1.165) is 22.6 Å². The van der Waals surface area contributed by atoms with Crippen LogP contribution >= 0.6 is 0 Å². The largest absolute Gasteiger partial charge is 1.00 e. The van der Waals surface area contributed by atoms with Gasteiger partial charge in [-0.15, -0.1) is 0 Å². The van der Waals surface area contributed by atoms with Crippen molar-refractivity contribution in [2.24, 2.45) is 0 Å². The van der Waals surface area contributed by atoms with Crippen LogP contribution in [-0.2, 0) is 0 Å². The Kier molecular flexibility index (Phi) is 5.08. The van der Waals surface area contributed by atoms with Gasteiger partial charge < -0.3 is 29.7 Å². The lowest BCUT2D eigenvalue weighted by Gasteiger charge is -1.98. The SMILES string of the molecule is Nc1ccc(-c2nn(-c3ccccc3)[n+](-c3ccccc3)n2)cc1.[I-]. The van der Waals surface area contributed by atoms with Gasteiger partial charge in [0.15, 0.2) is 5.69 Å². The minimum absolute atomic E-state index is 0. The van der Waals surface area contributed by atoms with Gasteiger partial charge in [0.1, 0.15) is 5.69 Å². The monoisotopic (exact) mass is 441 g/mol. The average molecular weight is 441 g/mol.